The van der Waals surface area contributed by atoms with E-state index < -0.39 is 0 Å². The summed E-state index contributed by atoms with van der Waals surface area (Å²) in [7, 11) is 0. The van der Waals surface area contributed by atoms with Crippen LogP contribution in [0, 0.1) is 0 Å². The molecule has 0 aliphatic heterocycles. The van der Waals surface area contributed by atoms with Crippen molar-refractivity contribution in [2.75, 3.05) is 5.73 Å². The number of nitrogen functional groups attached to an aromatic ring is 1. The lowest BCUT2D eigenvalue weighted by Gasteiger charge is -2.01. The smallest absolute Gasteiger partial charge is 0.298 e. The van der Waals surface area contributed by atoms with E-state index in [1.54, 1.807) is 6.07 Å². The fourth-order valence-electron chi connectivity index (χ4n) is 1.17. The molecule has 5 heteroatoms. The van der Waals surface area contributed by atoms with Gasteiger partial charge in [0.05, 0.1) is 0 Å². The molecular formula is C11H13N3OS. The lowest BCUT2D eigenvalue weighted by Crippen LogP contribution is -1.90. The van der Waals surface area contributed by atoms with Crippen LogP contribution in [0.5, 0.6) is 10.9 Å². The van der Waals surface area contributed by atoms with Crippen LogP contribution in [-0.2, 0) is 0 Å². The second kappa shape index (κ2) is 4.49. The molecule has 1 heterocycles. The van der Waals surface area contributed by atoms with E-state index in [-0.39, 0.29) is 0 Å². The third kappa shape index (κ3) is 2.49. The van der Waals surface area contributed by atoms with Gasteiger partial charge in [-0.05, 0) is 12.1 Å². The lowest BCUT2D eigenvalue weighted by atomic mass is 10.2. The van der Waals surface area contributed by atoms with E-state index in [9.17, 15) is 0 Å². The Morgan fingerprint density at radius 3 is 2.81 bits per heavy atom. The van der Waals surface area contributed by atoms with Crippen molar-refractivity contribution in [1.82, 2.24) is 9.36 Å². The van der Waals surface area contributed by atoms with Crippen LogP contribution in [0.4, 0.5) is 5.69 Å². The van der Waals surface area contributed by atoms with Gasteiger partial charge in [0, 0.05) is 29.2 Å². The normalized spacial score (nSPS) is 10.7. The van der Waals surface area contributed by atoms with Gasteiger partial charge in [0.2, 0.25) is 0 Å². The van der Waals surface area contributed by atoms with Gasteiger partial charge in [0.15, 0.2) is 0 Å². The second-order valence-electron chi connectivity index (χ2n) is 3.75. The predicted octanol–water partition coefficient (Wildman–Crippen LogP) is 3.04. The minimum absolute atomic E-state index is 0.314. The third-order valence-corrected chi connectivity index (χ3v) is 2.61. The molecule has 1 aromatic carbocycles. The quantitative estimate of drug-likeness (QED) is 0.831. The summed E-state index contributed by atoms with van der Waals surface area (Å²) in [5, 5.41) is 0.550. The number of benzene rings is 1. The van der Waals surface area contributed by atoms with E-state index in [0.29, 0.717) is 22.5 Å². The molecule has 0 radical (unpaired) electrons. The van der Waals surface area contributed by atoms with Crippen LogP contribution in [0.1, 0.15) is 25.6 Å². The Bertz CT molecular complexity index is 482. The van der Waals surface area contributed by atoms with E-state index in [2.05, 4.69) is 9.36 Å². The second-order valence-corrected chi connectivity index (χ2v) is 4.46. The maximum absolute atomic E-state index is 5.65. The van der Waals surface area contributed by atoms with Crippen molar-refractivity contribution in [2.45, 2.75) is 19.8 Å². The Labute approximate surface area is 98.3 Å². The molecule has 0 spiro atoms. The van der Waals surface area contributed by atoms with Crippen molar-refractivity contribution in [2.24, 2.45) is 0 Å². The molecule has 1 aromatic heterocycles. The van der Waals surface area contributed by atoms with E-state index >= 15 is 0 Å². The van der Waals surface area contributed by atoms with E-state index in [0.717, 1.165) is 5.82 Å². The molecule has 0 atom stereocenters. The van der Waals surface area contributed by atoms with E-state index in [4.69, 9.17) is 10.5 Å². The monoisotopic (exact) mass is 235 g/mol. The molecule has 16 heavy (non-hydrogen) atoms. The summed E-state index contributed by atoms with van der Waals surface area (Å²) in [6.45, 7) is 4.10. The largest absolute Gasteiger partial charge is 0.430 e. The van der Waals surface area contributed by atoms with Gasteiger partial charge in [0.25, 0.3) is 5.19 Å². The molecule has 2 rings (SSSR count). The summed E-state index contributed by atoms with van der Waals surface area (Å²) >= 11 is 1.25. The number of nitrogens with zero attached hydrogens (tertiary/aromatic N) is 2. The van der Waals surface area contributed by atoms with Gasteiger partial charge in [-0.15, -0.1) is 0 Å². The first-order valence-electron chi connectivity index (χ1n) is 5.02. The average Bonchev–Trinajstić information content (AvgIpc) is 2.66. The Hall–Kier alpha value is -1.62. The molecule has 84 valence electrons. The van der Waals surface area contributed by atoms with Crippen molar-refractivity contribution in [3.05, 3.63) is 30.1 Å². The Morgan fingerprint density at radius 2 is 2.19 bits per heavy atom. The highest BCUT2D eigenvalue weighted by Crippen LogP contribution is 2.26. The first kappa shape index (κ1) is 10.9. The van der Waals surface area contributed by atoms with Gasteiger partial charge in [-0.25, -0.2) is 0 Å². The first-order valence-corrected chi connectivity index (χ1v) is 5.79. The van der Waals surface area contributed by atoms with Crippen LogP contribution in [-0.4, -0.2) is 9.36 Å². The topological polar surface area (TPSA) is 61.0 Å². The Balaban J connectivity index is 2.14. The number of hydrogen-bond donors (Lipinski definition) is 1. The molecule has 0 unspecified atom stereocenters. The van der Waals surface area contributed by atoms with Crippen molar-refractivity contribution < 1.29 is 4.74 Å². The van der Waals surface area contributed by atoms with Crippen LogP contribution in [0.15, 0.2) is 24.3 Å². The van der Waals surface area contributed by atoms with E-state index in [1.165, 1.54) is 11.5 Å². The summed E-state index contributed by atoms with van der Waals surface area (Å²) in [4.78, 5) is 4.28. The minimum Gasteiger partial charge on any atom is -0.430 e. The number of rotatable bonds is 3. The Kier molecular flexibility index (Phi) is 3.05. The molecule has 0 fully saturated rings. The van der Waals surface area contributed by atoms with Crippen LogP contribution in [0.3, 0.4) is 0 Å². The molecule has 0 aliphatic rings. The number of aromatic nitrogens is 2. The highest BCUT2D eigenvalue weighted by Gasteiger charge is 2.09. The molecule has 0 aliphatic carbocycles. The van der Waals surface area contributed by atoms with E-state index in [1.807, 2.05) is 32.0 Å². The lowest BCUT2D eigenvalue weighted by molar-refractivity contribution is 0.476. The zero-order valence-electron chi connectivity index (χ0n) is 9.18. The molecule has 2 aromatic rings. The van der Waals surface area contributed by atoms with Crippen molar-refractivity contribution in [3.8, 4) is 10.9 Å². The molecule has 0 bridgehead atoms. The molecule has 0 saturated heterocycles. The van der Waals surface area contributed by atoms with Crippen molar-refractivity contribution in [1.29, 1.82) is 0 Å². The maximum Gasteiger partial charge on any atom is 0.298 e. The molecule has 0 amide bonds. The number of anilines is 1. The zero-order chi connectivity index (χ0) is 11.5. The average molecular weight is 235 g/mol. The summed E-state index contributed by atoms with van der Waals surface area (Å²) < 4.78 is 9.76. The van der Waals surface area contributed by atoms with Gasteiger partial charge in [0.1, 0.15) is 11.6 Å². The van der Waals surface area contributed by atoms with Gasteiger partial charge < -0.3 is 10.5 Å². The van der Waals surface area contributed by atoms with Gasteiger partial charge in [-0.1, -0.05) is 19.9 Å². The third-order valence-electron chi connectivity index (χ3n) is 2.00. The van der Waals surface area contributed by atoms with Crippen LogP contribution >= 0.6 is 11.5 Å². The Morgan fingerprint density at radius 1 is 1.38 bits per heavy atom. The molecule has 0 saturated carbocycles. The zero-order valence-corrected chi connectivity index (χ0v) is 9.99. The highest BCUT2D eigenvalue weighted by atomic mass is 32.1. The standard InChI is InChI=1S/C11H13N3OS/c1-7(2)10-13-11(16-14-10)15-9-5-3-4-8(12)6-9/h3-7H,12H2,1-2H3. The molecular weight excluding hydrogens is 222 g/mol. The van der Waals surface area contributed by atoms with Gasteiger partial charge in [-0.2, -0.15) is 9.36 Å². The summed E-state index contributed by atoms with van der Waals surface area (Å²) in [5.41, 5.74) is 6.33. The fraction of sp³-hybridized carbons (Fsp3) is 0.273. The summed E-state index contributed by atoms with van der Waals surface area (Å²) in [6.07, 6.45) is 0. The minimum atomic E-state index is 0.314. The molecule has 4 nitrogen and oxygen atoms in total. The van der Waals surface area contributed by atoms with Crippen LogP contribution in [0.25, 0.3) is 0 Å². The van der Waals surface area contributed by atoms with Crippen LogP contribution < -0.4 is 10.5 Å². The van der Waals surface area contributed by atoms with Gasteiger partial charge in [-0.3, -0.25) is 0 Å². The first-order chi connectivity index (χ1) is 7.65. The van der Waals surface area contributed by atoms with Crippen LogP contribution in [0.2, 0.25) is 0 Å². The predicted molar refractivity (Wildman–Crippen MR) is 64.9 cm³/mol. The molecule has 2 N–H and O–H groups in total. The number of hydrogen-bond acceptors (Lipinski definition) is 5. The number of ether oxygens (including phenoxy) is 1. The fourth-order valence-corrected chi connectivity index (χ4v) is 1.87. The summed E-state index contributed by atoms with van der Waals surface area (Å²) in [6, 6.07) is 7.25. The van der Waals surface area contributed by atoms with Crippen molar-refractivity contribution >= 4 is 17.2 Å². The van der Waals surface area contributed by atoms with Crippen molar-refractivity contribution in [3.63, 3.8) is 0 Å². The number of nitrogens with two attached hydrogens (primary N) is 1. The highest BCUT2D eigenvalue weighted by molar-refractivity contribution is 7.07. The maximum atomic E-state index is 5.65. The summed E-state index contributed by atoms with van der Waals surface area (Å²) in [5.74, 6) is 1.81. The van der Waals surface area contributed by atoms with Gasteiger partial charge >= 0.3 is 0 Å². The SMILES string of the molecule is CC(C)c1nsc(Oc2cccc(N)c2)n1.